The maximum absolute atomic E-state index is 12.6. The number of thiazole rings is 1. The van der Waals surface area contributed by atoms with Gasteiger partial charge in [0.25, 0.3) is 10.0 Å². The molecule has 19 heavy (non-hydrogen) atoms. The Morgan fingerprint density at radius 2 is 2.26 bits per heavy atom. The minimum Gasteiger partial charge on any atom is -0.395 e. The molecule has 0 fully saturated rings. The van der Waals surface area contributed by atoms with Crippen LogP contribution in [0.15, 0.2) is 16.6 Å². The molecule has 0 aliphatic carbocycles. The summed E-state index contributed by atoms with van der Waals surface area (Å²) >= 11 is 7.26. The lowest BCUT2D eigenvalue weighted by Crippen LogP contribution is -2.39. The van der Waals surface area contributed by atoms with Gasteiger partial charge >= 0.3 is 0 Å². The van der Waals surface area contributed by atoms with E-state index in [0.717, 1.165) is 0 Å². The molecule has 0 amide bonds. The number of nitrogens with zero attached hydrogens (tertiary/aromatic N) is 3. The van der Waals surface area contributed by atoms with Crippen LogP contribution in [0.1, 0.15) is 13.8 Å². The van der Waals surface area contributed by atoms with E-state index in [9.17, 15) is 8.42 Å². The molecule has 0 aliphatic heterocycles. The van der Waals surface area contributed by atoms with Gasteiger partial charge in [0.1, 0.15) is 0 Å². The van der Waals surface area contributed by atoms with Crippen LogP contribution in [0.5, 0.6) is 0 Å². The highest BCUT2D eigenvalue weighted by Gasteiger charge is 2.32. The van der Waals surface area contributed by atoms with E-state index in [0.29, 0.717) is 4.96 Å². The topological polar surface area (TPSA) is 74.9 Å². The third-order valence-electron chi connectivity index (χ3n) is 2.63. The Balaban J connectivity index is 2.60. The van der Waals surface area contributed by atoms with Crippen LogP contribution in [0.2, 0.25) is 5.15 Å². The van der Waals surface area contributed by atoms with Gasteiger partial charge in [-0.2, -0.15) is 4.31 Å². The summed E-state index contributed by atoms with van der Waals surface area (Å²) in [5.41, 5.74) is 0. The van der Waals surface area contributed by atoms with E-state index in [1.807, 2.05) is 0 Å². The number of aliphatic hydroxyl groups is 1. The summed E-state index contributed by atoms with van der Waals surface area (Å²) in [7, 11) is -3.80. The first kappa shape index (κ1) is 14.7. The molecule has 0 saturated heterocycles. The molecule has 0 saturated carbocycles. The number of imidazole rings is 1. The van der Waals surface area contributed by atoms with Crippen molar-refractivity contribution in [2.24, 2.45) is 0 Å². The zero-order chi connectivity index (χ0) is 14.2. The van der Waals surface area contributed by atoms with E-state index in [1.54, 1.807) is 25.4 Å². The van der Waals surface area contributed by atoms with E-state index in [4.69, 9.17) is 16.7 Å². The van der Waals surface area contributed by atoms with Crippen LogP contribution in [-0.2, 0) is 10.0 Å². The second-order valence-corrected chi connectivity index (χ2v) is 7.23. The summed E-state index contributed by atoms with van der Waals surface area (Å²) < 4.78 is 27.9. The molecule has 106 valence electrons. The fourth-order valence-electron chi connectivity index (χ4n) is 1.83. The molecule has 2 rings (SSSR count). The fraction of sp³-hybridized carbons (Fsp3) is 0.500. The summed E-state index contributed by atoms with van der Waals surface area (Å²) in [5, 5.41) is 10.7. The SMILES string of the molecule is CC(C)N(CCO)S(=O)(=O)c1c(Cl)nc2sccn12. The predicted molar refractivity (Wildman–Crippen MR) is 74.2 cm³/mol. The van der Waals surface area contributed by atoms with Crippen LogP contribution >= 0.6 is 22.9 Å². The number of hydrogen-bond donors (Lipinski definition) is 1. The van der Waals surface area contributed by atoms with Gasteiger partial charge in [-0.05, 0) is 13.8 Å². The van der Waals surface area contributed by atoms with Crippen molar-refractivity contribution in [3.05, 3.63) is 16.7 Å². The van der Waals surface area contributed by atoms with Crippen LogP contribution in [0, 0.1) is 0 Å². The molecule has 2 aromatic heterocycles. The Kier molecular flexibility index (Phi) is 4.17. The van der Waals surface area contributed by atoms with Crippen LogP contribution < -0.4 is 0 Å². The molecule has 0 unspecified atom stereocenters. The molecular weight excluding hydrogens is 310 g/mol. The Morgan fingerprint density at radius 3 is 2.84 bits per heavy atom. The minimum atomic E-state index is -3.80. The van der Waals surface area contributed by atoms with E-state index >= 15 is 0 Å². The molecule has 6 nitrogen and oxygen atoms in total. The van der Waals surface area contributed by atoms with Crippen molar-refractivity contribution in [1.82, 2.24) is 13.7 Å². The van der Waals surface area contributed by atoms with Crippen LogP contribution in [-0.4, -0.2) is 46.4 Å². The van der Waals surface area contributed by atoms with Gasteiger partial charge in [0.05, 0.1) is 6.61 Å². The molecule has 2 heterocycles. The average Bonchev–Trinajstić information content (AvgIpc) is 2.83. The zero-order valence-corrected chi connectivity index (χ0v) is 12.8. The van der Waals surface area contributed by atoms with Crippen LogP contribution in [0.4, 0.5) is 0 Å². The summed E-state index contributed by atoms with van der Waals surface area (Å²) in [4.78, 5) is 4.54. The highest BCUT2D eigenvalue weighted by molar-refractivity contribution is 7.89. The lowest BCUT2D eigenvalue weighted by Gasteiger charge is -2.24. The van der Waals surface area contributed by atoms with E-state index in [1.165, 1.54) is 20.0 Å². The number of fused-ring (bicyclic) bond motifs is 1. The van der Waals surface area contributed by atoms with Gasteiger partial charge in [0.15, 0.2) is 15.1 Å². The molecule has 0 aromatic carbocycles. The first-order chi connectivity index (χ1) is 8.89. The van der Waals surface area contributed by atoms with Gasteiger partial charge in [-0.25, -0.2) is 13.4 Å². The number of aliphatic hydroxyl groups excluding tert-OH is 1. The van der Waals surface area contributed by atoms with Crippen molar-refractivity contribution in [3.8, 4) is 0 Å². The van der Waals surface area contributed by atoms with Crippen molar-refractivity contribution in [2.45, 2.75) is 24.9 Å². The molecule has 1 N–H and O–H groups in total. The van der Waals surface area contributed by atoms with E-state index in [-0.39, 0.29) is 29.4 Å². The molecule has 9 heteroatoms. The maximum Gasteiger partial charge on any atom is 0.262 e. The summed E-state index contributed by atoms with van der Waals surface area (Å²) in [6, 6.07) is -0.280. The highest BCUT2D eigenvalue weighted by Crippen LogP contribution is 2.28. The van der Waals surface area contributed by atoms with Crippen molar-refractivity contribution < 1.29 is 13.5 Å². The largest absolute Gasteiger partial charge is 0.395 e. The van der Waals surface area contributed by atoms with E-state index in [2.05, 4.69) is 4.98 Å². The van der Waals surface area contributed by atoms with Gasteiger partial charge in [-0.1, -0.05) is 11.6 Å². The number of aromatic nitrogens is 2. The van der Waals surface area contributed by atoms with Gasteiger partial charge in [0.2, 0.25) is 0 Å². The predicted octanol–water partition coefficient (Wildman–Crippen LogP) is 1.44. The van der Waals surface area contributed by atoms with Gasteiger partial charge in [-0.3, -0.25) is 4.40 Å². The summed E-state index contributed by atoms with van der Waals surface area (Å²) in [6.45, 7) is 3.26. The Labute approximate surface area is 120 Å². The summed E-state index contributed by atoms with van der Waals surface area (Å²) in [5.74, 6) is 0. The van der Waals surface area contributed by atoms with Gasteiger partial charge in [-0.15, -0.1) is 11.3 Å². The first-order valence-corrected chi connectivity index (χ1v) is 8.33. The van der Waals surface area contributed by atoms with Crippen molar-refractivity contribution in [2.75, 3.05) is 13.2 Å². The Bertz CT molecular complexity index is 677. The molecule has 2 aromatic rings. The molecule has 0 bridgehead atoms. The first-order valence-electron chi connectivity index (χ1n) is 5.63. The quantitative estimate of drug-likeness (QED) is 0.903. The molecule has 0 spiro atoms. The standard InChI is InChI=1S/C10H14ClN3O3S2/c1-7(2)14(3-5-15)19(16,17)9-8(11)12-10-13(9)4-6-18-10/h4,6-7,15H,3,5H2,1-2H3. The zero-order valence-electron chi connectivity index (χ0n) is 10.4. The lowest BCUT2D eigenvalue weighted by molar-refractivity contribution is 0.236. The van der Waals surface area contributed by atoms with Crippen molar-refractivity contribution in [3.63, 3.8) is 0 Å². The maximum atomic E-state index is 12.6. The molecule has 0 aliphatic rings. The minimum absolute atomic E-state index is 0.0215. The lowest BCUT2D eigenvalue weighted by atomic mass is 10.4. The number of halogens is 1. The smallest absolute Gasteiger partial charge is 0.262 e. The second kappa shape index (κ2) is 5.37. The Hall–Kier alpha value is -0.670. The van der Waals surface area contributed by atoms with Gasteiger partial charge in [0, 0.05) is 24.2 Å². The van der Waals surface area contributed by atoms with Crippen molar-refractivity contribution in [1.29, 1.82) is 0 Å². The molecule has 0 radical (unpaired) electrons. The summed E-state index contributed by atoms with van der Waals surface area (Å²) in [6.07, 6.45) is 1.61. The van der Waals surface area contributed by atoms with Crippen LogP contribution in [0.3, 0.4) is 0 Å². The second-order valence-electron chi connectivity index (χ2n) is 4.20. The highest BCUT2D eigenvalue weighted by atomic mass is 35.5. The number of rotatable bonds is 5. The van der Waals surface area contributed by atoms with Crippen molar-refractivity contribution >= 4 is 37.9 Å². The number of sulfonamides is 1. The number of hydrogen-bond acceptors (Lipinski definition) is 5. The average molecular weight is 324 g/mol. The monoisotopic (exact) mass is 323 g/mol. The Morgan fingerprint density at radius 1 is 1.58 bits per heavy atom. The van der Waals surface area contributed by atoms with Gasteiger partial charge < -0.3 is 5.11 Å². The normalized spacial score (nSPS) is 12.9. The molecular formula is C10H14ClN3O3S2. The molecule has 0 atom stereocenters. The van der Waals surface area contributed by atoms with E-state index < -0.39 is 10.0 Å². The van der Waals surface area contributed by atoms with Crippen LogP contribution in [0.25, 0.3) is 4.96 Å². The fourth-order valence-corrected chi connectivity index (χ4v) is 4.87. The third-order valence-corrected chi connectivity index (χ3v) is 5.86. The third kappa shape index (κ3) is 2.50.